The van der Waals surface area contributed by atoms with Crippen molar-refractivity contribution >= 4 is 17.5 Å². The number of nitrogens with two attached hydrogens (primary N) is 1. The fourth-order valence-corrected chi connectivity index (χ4v) is 2.36. The van der Waals surface area contributed by atoms with Gasteiger partial charge < -0.3 is 16.4 Å². The van der Waals surface area contributed by atoms with Crippen LogP contribution >= 0.6 is 0 Å². The molecule has 4 N–H and O–H groups in total. The van der Waals surface area contributed by atoms with Gasteiger partial charge in [0.05, 0.1) is 6.04 Å². The van der Waals surface area contributed by atoms with Crippen LogP contribution in [0.3, 0.4) is 0 Å². The second-order valence-corrected chi connectivity index (χ2v) is 6.25. The van der Waals surface area contributed by atoms with E-state index >= 15 is 0 Å². The number of rotatable bonds is 7. The fourth-order valence-electron chi connectivity index (χ4n) is 2.36. The smallest absolute Gasteiger partial charge is 0.251 e. The standard InChI is InChI=1S/C20H24FN3O2/c1-3-13(2)18(22)20(26)24-16-10-8-14(9-11-16)19(25)23-12-15-6-4-5-7-17(15)21/h4-11,13,18H,3,12,22H2,1-2H3,(H,23,25)(H,24,26). The fraction of sp³-hybridized carbons (Fsp3) is 0.300. The van der Waals surface area contributed by atoms with E-state index in [4.69, 9.17) is 5.73 Å². The highest BCUT2D eigenvalue weighted by Crippen LogP contribution is 2.13. The Bertz CT molecular complexity index is 762. The Labute approximate surface area is 152 Å². The maximum atomic E-state index is 13.6. The predicted octanol–water partition coefficient (Wildman–Crippen LogP) is 3.07. The maximum absolute atomic E-state index is 13.6. The van der Waals surface area contributed by atoms with E-state index in [1.807, 2.05) is 13.8 Å². The first-order chi connectivity index (χ1) is 12.4. The van der Waals surface area contributed by atoms with Gasteiger partial charge in [0.1, 0.15) is 5.82 Å². The first-order valence-corrected chi connectivity index (χ1v) is 8.60. The Morgan fingerprint density at radius 2 is 1.77 bits per heavy atom. The molecule has 26 heavy (non-hydrogen) atoms. The Hall–Kier alpha value is -2.73. The third-order valence-electron chi connectivity index (χ3n) is 4.37. The van der Waals surface area contributed by atoms with Crippen LogP contribution < -0.4 is 16.4 Å². The summed E-state index contributed by atoms with van der Waals surface area (Å²) in [5.41, 5.74) is 7.31. The van der Waals surface area contributed by atoms with Gasteiger partial charge in [-0.3, -0.25) is 9.59 Å². The van der Waals surface area contributed by atoms with Crippen molar-refractivity contribution < 1.29 is 14.0 Å². The molecule has 0 fully saturated rings. The monoisotopic (exact) mass is 357 g/mol. The van der Waals surface area contributed by atoms with Gasteiger partial charge in [-0.25, -0.2) is 4.39 Å². The molecule has 0 spiro atoms. The summed E-state index contributed by atoms with van der Waals surface area (Å²) in [5, 5.41) is 5.41. The average Bonchev–Trinajstić information content (AvgIpc) is 2.66. The molecule has 0 heterocycles. The summed E-state index contributed by atoms with van der Waals surface area (Å²) in [7, 11) is 0. The maximum Gasteiger partial charge on any atom is 0.251 e. The molecule has 5 nitrogen and oxygen atoms in total. The Morgan fingerprint density at radius 3 is 2.38 bits per heavy atom. The number of carbonyl (C=O) groups is 2. The van der Waals surface area contributed by atoms with Crippen molar-refractivity contribution in [2.75, 3.05) is 5.32 Å². The first kappa shape index (κ1) is 19.6. The van der Waals surface area contributed by atoms with Crippen LogP contribution in [0.2, 0.25) is 0 Å². The summed E-state index contributed by atoms with van der Waals surface area (Å²) >= 11 is 0. The lowest BCUT2D eigenvalue weighted by atomic mass is 9.99. The molecule has 138 valence electrons. The summed E-state index contributed by atoms with van der Waals surface area (Å²) in [6.45, 7) is 4.01. The third kappa shape index (κ3) is 5.13. The molecule has 0 bridgehead atoms. The van der Waals surface area contributed by atoms with Gasteiger partial charge in [0.15, 0.2) is 0 Å². The van der Waals surface area contributed by atoms with E-state index in [0.29, 0.717) is 16.8 Å². The average molecular weight is 357 g/mol. The summed E-state index contributed by atoms with van der Waals surface area (Å²) in [5.74, 6) is -0.847. The lowest BCUT2D eigenvalue weighted by molar-refractivity contribution is -0.118. The zero-order valence-corrected chi connectivity index (χ0v) is 15.0. The van der Waals surface area contributed by atoms with Crippen LogP contribution in [0.1, 0.15) is 36.2 Å². The van der Waals surface area contributed by atoms with Gasteiger partial charge in [0, 0.05) is 23.4 Å². The molecule has 2 atom stereocenters. The third-order valence-corrected chi connectivity index (χ3v) is 4.37. The molecule has 0 saturated carbocycles. The lowest BCUT2D eigenvalue weighted by Gasteiger charge is -2.17. The molecule has 2 aromatic carbocycles. The summed E-state index contributed by atoms with van der Waals surface area (Å²) in [4.78, 5) is 24.2. The molecule has 2 amide bonds. The number of anilines is 1. The van der Waals surface area contributed by atoms with E-state index in [2.05, 4.69) is 10.6 Å². The zero-order valence-electron chi connectivity index (χ0n) is 15.0. The normalized spacial score (nSPS) is 12.9. The van der Waals surface area contributed by atoms with Gasteiger partial charge in [0.2, 0.25) is 5.91 Å². The molecule has 0 saturated heterocycles. The van der Waals surface area contributed by atoms with Gasteiger partial charge >= 0.3 is 0 Å². The second-order valence-electron chi connectivity index (χ2n) is 6.25. The van der Waals surface area contributed by atoms with Crippen LogP contribution in [-0.2, 0) is 11.3 Å². The van der Waals surface area contributed by atoms with Crippen LogP contribution in [0.4, 0.5) is 10.1 Å². The van der Waals surface area contributed by atoms with Crippen molar-refractivity contribution in [1.82, 2.24) is 5.32 Å². The number of hydrogen-bond acceptors (Lipinski definition) is 3. The number of halogens is 1. The molecule has 0 aromatic heterocycles. The lowest BCUT2D eigenvalue weighted by Crippen LogP contribution is -2.40. The van der Waals surface area contributed by atoms with Crippen LogP contribution in [0.5, 0.6) is 0 Å². The highest BCUT2D eigenvalue weighted by molar-refractivity contribution is 5.97. The molecule has 2 aromatic rings. The molecular weight excluding hydrogens is 333 g/mol. The first-order valence-electron chi connectivity index (χ1n) is 8.60. The van der Waals surface area contributed by atoms with Crippen LogP contribution in [0.15, 0.2) is 48.5 Å². The van der Waals surface area contributed by atoms with Crippen LogP contribution in [0, 0.1) is 11.7 Å². The molecule has 6 heteroatoms. The predicted molar refractivity (Wildman–Crippen MR) is 100 cm³/mol. The summed E-state index contributed by atoms with van der Waals surface area (Å²) in [6.07, 6.45) is 0.815. The van der Waals surface area contributed by atoms with Gasteiger partial charge in [-0.2, -0.15) is 0 Å². The van der Waals surface area contributed by atoms with Crippen LogP contribution in [0.25, 0.3) is 0 Å². The number of carbonyl (C=O) groups excluding carboxylic acids is 2. The van der Waals surface area contributed by atoms with E-state index in [-0.39, 0.29) is 30.1 Å². The van der Waals surface area contributed by atoms with Crippen molar-refractivity contribution in [3.63, 3.8) is 0 Å². The summed E-state index contributed by atoms with van der Waals surface area (Å²) in [6, 6.07) is 12.2. The SMILES string of the molecule is CCC(C)C(N)C(=O)Nc1ccc(C(=O)NCc2ccccc2F)cc1. The topological polar surface area (TPSA) is 84.2 Å². The van der Waals surface area contributed by atoms with Crippen molar-refractivity contribution in [3.8, 4) is 0 Å². The molecule has 0 aliphatic rings. The molecule has 0 radical (unpaired) electrons. The minimum Gasteiger partial charge on any atom is -0.348 e. The molecular formula is C20H24FN3O2. The number of benzene rings is 2. The number of hydrogen-bond donors (Lipinski definition) is 3. The largest absolute Gasteiger partial charge is 0.348 e. The molecule has 0 aliphatic carbocycles. The minimum atomic E-state index is -0.580. The quantitative estimate of drug-likeness (QED) is 0.712. The van der Waals surface area contributed by atoms with Crippen molar-refractivity contribution in [2.45, 2.75) is 32.9 Å². The number of nitrogens with one attached hydrogen (secondary N) is 2. The highest BCUT2D eigenvalue weighted by Gasteiger charge is 2.19. The van der Waals surface area contributed by atoms with Gasteiger partial charge in [-0.1, -0.05) is 38.5 Å². The van der Waals surface area contributed by atoms with E-state index in [9.17, 15) is 14.0 Å². The molecule has 2 rings (SSSR count). The van der Waals surface area contributed by atoms with Crippen LogP contribution in [-0.4, -0.2) is 17.9 Å². The van der Waals surface area contributed by atoms with Gasteiger partial charge in [-0.15, -0.1) is 0 Å². The zero-order chi connectivity index (χ0) is 19.1. The van der Waals surface area contributed by atoms with E-state index < -0.39 is 6.04 Å². The van der Waals surface area contributed by atoms with Gasteiger partial charge in [0.25, 0.3) is 5.91 Å². The second kappa shape index (κ2) is 9.10. The number of amides is 2. The van der Waals surface area contributed by atoms with Crippen molar-refractivity contribution in [3.05, 3.63) is 65.5 Å². The molecule has 2 unspecified atom stereocenters. The van der Waals surface area contributed by atoms with Crippen molar-refractivity contribution in [1.29, 1.82) is 0 Å². The Balaban J connectivity index is 1.93. The minimum absolute atomic E-state index is 0.0819. The van der Waals surface area contributed by atoms with Crippen molar-refractivity contribution in [2.24, 2.45) is 11.7 Å². The van der Waals surface area contributed by atoms with E-state index in [1.54, 1.807) is 42.5 Å². The Morgan fingerprint density at radius 1 is 1.12 bits per heavy atom. The van der Waals surface area contributed by atoms with E-state index in [1.165, 1.54) is 6.07 Å². The van der Waals surface area contributed by atoms with E-state index in [0.717, 1.165) is 6.42 Å². The summed E-state index contributed by atoms with van der Waals surface area (Å²) < 4.78 is 13.6. The highest BCUT2D eigenvalue weighted by atomic mass is 19.1. The van der Waals surface area contributed by atoms with Gasteiger partial charge in [-0.05, 0) is 36.2 Å². The molecule has 0 aliphatic heterocycles. The Kier molecular flexibility index (Phi) is 6.86.